The predicted octanol–water partition coefficient (Wildman–Crippen LogP) is 0.535. The van der Waals surface area contributed by atoms with E-state index in [1.54, 1.807) is 12.1 Å². The Hall–Kier alpha value is -1.93. The zero-order valence-corrected chi connectivity index (χ0v) is 16.2. The minimum absolute atomic E-state index is 0.0146. The van der Waals surface area contributed by atoms with Gasteiger partial charge < -0.3 is 15.4 Å². The summed E-state index contributed by atoms with van der Waals surface area (Å²) in [6, 6.07) is 7.36. The summed E-state index contributed by atoms with van der Waals surface area (Å²) in [5.41, 5.74) is 1.76. The first-order chi connectivity index (χ1) is 12.2. The van der Waals surface area contributed by atoms with Gasteiger partial charge in [-0.2, -0.15) is 0 Å². The van der Waals surface area contributed by atoms with Gasteiger partial charge in [0.05, 0.1) is 13.0 Å². The third kappa shape index (κ3) is 4.24. The van der Waals surface area contributed by atoms with Gasteiger partial charge in [-0.05, 0) is 38.4 Å². The molecule has 0 bridgehead atoms. The van der Waals surface area contributed by atoms with E-state index < -0.39 is 32.4 Å². The van der Waals surface area contributed by atoms with Gasteiger partial charge in [-0.3, -0.25) is 9.59 Å². The minimum Gasteiger partial charge on any atom is -0.468 e. The molecule has 1 aromatic rings. The van der Waals surface area contributed by atoms with Crippen molar-refractivity contribution in [3.8, 4) is 0 Å². The number of nitrogens with one attached hydrogen (secondary N) is 2. The summed E-state index contributed by atoms with van der Waals surface area (Å²) >= 11 is 0. The van der Waals surface area contributed by atoms with Crippen molar-refractivity contribution in [2.45, 2.75) is 30.4 Å². The zero-order chi connectivity index (χ0) is 19.4. The molecule has 1 heterocycles. The second-order valence-corrected chi connectivity index (χ2v) is 9.04. The number of piperidine rings is 1. The summed E-state index contributed by atoms with van der Waals surface area (Å²) in [4.78, 5) is 25.0. The maximum atomic E-state index is 12.8. The Morgan fingerprint density at radius 2 is 1.81 bits per heavy atom. The summed E-state index contributed by atoms with van der Waals surface area (Å²) in [5.74, 6) is -1.72. The fourth-order valence-electron chi connectivity index (χ4n) is 3.23. The van der Waals surface area contributed by atoms with Gasteiger partial charge in [0.2, 0.25) is 5.91 Å². The number of hydrogen-bond donors (Lipinski definition) is 2. The Kier molecular flexibility index (Phi) is 6.41. The second-order valence-electron chi connectivity index (χ2n) is 6.71. The van der Waals surface area contributed by atoms with Gasteiger partial charge in [0.15, 0.2) is 14.6 Å². The topological polar surface area (TPSA) is 102 Å². The first kappa shape index (κ1) is 20.4. The molecule has 0 spiro atoms. The van der Waals surface area contributed by atoms with Gasteiger partial charge in [0.25, 0.3) is 0 Å². The lowest BCUT2D eigenvalue weighted by molar-refractivity contribution is -0.142. The molecular formula is C18H26N2O5S. The van der Waals surface area contributed by atoms with Crippen LogP contribution in [0.4, 0.5) is 0 Å². The molecule has 0 aliphatic carbocycles. The number of hydrogen-bond acceptors (Lipinski definition) is 6. The van der Waals surface area contributed by atoms with Crippen LogP contribution in [-0.4, -0.2) is 58.0 Å². The maximum absolute atomic E-state index is 12.8. The molecule has 2 rings (SSSR count). The molecule has 0 saturated carbocycles. The zero-order valence-electron chi connectivity index (χ0n) is 15.4. The van der Waals surface area contributed by atoms with Crippen molar-refractivity contribution >= 4 is 21.7 Å². The Morgan fingerprint density at radius 1 is 1.23 bits per heavy atom. The number of sulfone groups is 1. The smallest absolute Gasteiger partial charge is 0.314 e. The summed E-state index contributed by atoms with van der Waals surface area (Å²) in [5, 5.41) is 5.75. The van der Waals surface area contributed by atoms with E-state index >= 15 is 0 Å². The summed E-state index contributed by atoms with van der Waals surface area (Å²) in [6.07, 6.45) is 1.52. The van der Waals surface area contributed by atoms with E-state index in [9.17, 15) is 18.0 Å². The van der Waals surface area contributed by atoms with Crippen molar-refractivity contribution in [3.05, 3.63) is 35.4 Å². The lowest BCUT2D eigenvalue weighted by Crippen LogP contribution is -2.57. The molecule has 7 nitrogen and oxygen atoms in total. The van der Waals surface area contributed by atoms with E-state index in [1.165, 1.54) is 7.11 Å². The van der Waals surface area contributed by atoms with Gasteiger partial charge in [-0.15, -0.1) is 0 Å². The van der Waals surface area contributed by atoms with Gasteiger partial charge in [-0.25, -0.2) is 8.42 Å². The maximum Gasteiger partial charge on any atom is 0.314 e. The van der Waals surface area contributed by atoms with E-state index in [1.807, 2.05) is 19.1 Å². The fraction of sp³-hybridized carbons (Fsp3) is 0.556. The van der Waals surface area contributed by atoms with Crippen LogP contribution in [0.2, 0.25) is 0 Å². The molecular weight excluding hydrogens is 356 g/mol. The highest BCUT2D eigenvalue weighted by molar-refractivity contribution is 7.92. The third-order valence-corrected chi connectivity index (χ3v) is 6.98. The number of esters is 1. The first-order valence-electron chi connectivity index (χ1n) is 8.54. The Bertz CT molecular complexity index is 752. The number of carbonyl (C=O) groups excluding carboxylic acids is 2. The van der Waals surface area contributed by atoms with Crippen molar-refractivity contribution in [1.82, 2.24) is 10.6 Å². The molecule has 1 atom stereocenters. The SMILES string of the molecule is COC(=O)C(CNC(=O)C1(S(C)(=O)=O)CCNCC1)c1ccc(C)cc1. The highest BCUT2D eigenvalue weighted by Gasteiger charge is 2.48. The van der Waals surface area contributed by atoms with Gasteiger partial charge in [0, 0.05) is 12.8 Å². The standard InChI is InChI=1S/C18H26N2O5S/c1-13-4-6-14(7-5-13)15(16(21)25-2)12-20-17(22)18(26(3,23)24)8-10-19-11-9-18/h4-7,15,19H,8-12H2,1-3H3,(H,20,22). The Morgan fingerprint density at radius 3 is 2.31 bits per heavy atom. The molecule has 1 saturated heterocycles. The molecule has 8 heteroatoms. The molecule has 1 aliphatic heterocycles. The van der Waals surface area contributed by atoms with Crippen LogP contribution >= 0.6 is 0 Å². The molecule has 0 aromatic heterocycles. The van der Waals surface area contributed by atoms with Crippen LogP contribution in [0.5, 0.6) is 0 Å². The number of amides is 1. The lowest BCUT2D eigenvalue weighted by Gasteiger charge is -2.34. The van der Waals surface area contributed by atoms with Crippen molar-refractivity contribution in [1.29, 1.82) is 0 Å². The molecule has 144 valence electrons. The fourth-order valence-corrected chi connectivity index (χ4v) is 4.59. The van der Waals surface area contributed by atoms with Crippen LogP contribution < -0.4 is 10.6 Å². The number of ether oxygens (including phenoxy) is 1. The highest BCUT2D eigenvalue weighted by atomic mass is 32.2. The van der Waals surface area contributed by atoms with E-state index in [0.717, 1.165) is 11.8 Å². The van der Waals surface area contributed by atoms with E-state index in [2.05, 4.69) is 10.6 Å². The van der Waals surface area contributed by atoms with E-state index in [0.29, 0.717) is 18.7 Å². The van der Waals surface area contributed by atoms with Crippen molar-refractivity contribution in [2.75, 3.05) is 33.0 Å². The van der Waals surface area contributed by atoms with Crippen LogP contribution in [0.1, 0.15) is 29.9 Å². The first-order valence-corrected chi connectivity index (χ1v) is 10.4. The van der Waals surface area contributed by atoms with Crippen molar-refractivity contribution in [3.63, 3.8) is 0 Å². The molecule has 1 amide bonds. The van der Waals surface area contributed by atoms with E-state index in [-0.39, 0.29) is 19.4 Å². The molecule has 26 heavy (non-hydrogen) atoms. The third-order valence-electron chi connectivity index (χ3n) is 4.97. The largest absolute Gasteiger partial charge is 0.468 e. The number of benzene rings is 1. The average molecular weight is 382 g/mol. The average Bonchev–Trinajstić information content (AvgIpc) is 2.62. The van der Waals surface area contributed by atoms with Gasteiger partial charge in [-0.1, -0.05) is 29.8 Å². The molecule has 1 aromatic carbocycles. The number of rotatable bonds is 6. The molecule has 1 aliphatic rings. The number of aryl methyl sites for hydroxylation is 1. The van der Waals surface area contributed by atoms with Crippen LogP contribution in [0.25, 0.3) is 0 Å². The molecule has 0 radical (unpaired) electrons. The Balaban J connectivity index is 2.20. The van der Waals surface area contributed by atoms with E-state index in [4.69, 9.17) is 4.74 Å². The lowest BCUT2D eigenvalue weighted by atomic mass is 9.94. The Labute approximate surface area is 154 Å². The summed E-state index contributed by atoms with van der Waals surface area (Å²) < 4.78 is 28.0. The summed E-state index contributed by atoms with van der Waals surface area (Å²) in [7, 11) is -2.31. The number of methoxy groups -OCH3 is 1. The van der Waals surface area contributed by atoms with Crippen molar-refractivity contribution < 1.29 is 22.7 Å². The monoisotopic (exact) mass is 382 g/mol. The van der Waals surface area contributed by atoms with Crippen molar-refractivity contribution in [2.24, 2.45) is 0 Å². The highest BCUT2D eigenvalue weighted by Crippen LogP contribution is 2.28. The van der Waals surface area contributed by atoms with Crippen LogP contribution in [0.15, 0.2) is 24.3 Å². The normalized spacial score (nSPS) is 18.0. The minimum atomic E-state index is -3.60. The number of carbonyl (C=O) groups is 2. The summed E-state index contributed by atoms with van der Waals surface area (Å²) in [6.45, 7) is 2.84. The van der Waals surface area contributed by atoms with Crippen LogP contribution in [-0.2, 0) is 24.2 Å². The van der Waals surface area contributed by atoms with Gasteiger partial charge in [0.1, 0.15) is 0 Å². The molecule has 1 unspecified atom stereocenters. The van der Waals surface area contributed by atoms with Crippen LogP contribution in [0, 0.1) is 6.92 Å². The predicted molar refractivity (Wildman–Crippen MR) is 98.6 cm³/mol. The molecule has 1 fully saturated rings. The van der Waals surface area contributed by atoms with Crippen LogP contribution in [0.3, 0.4) is 0 Å². The quantitative estimate of drug-likeness (QED) is 0.696. The molecule has 2 N–H and O–H groups in total. The van der Waals surface area contributed by atoms with Gasteiger partial charge >= 0.3 is 5.97 Å². The second kappa shape index (κ2) is 8.18.